The van der Waals surface area contributed by atoms with Gasteiger partial charge in [-0.25, -0.2) is 0 Å². The second-order valence-electron chi connectivity index (χ2n) is 7.37. The monoisotopic (exact) mass is 421 g/mol. The van der Waals surface area contributed by atoms with Crippen molar-refractivity contribution >= 4 is 29.2 Å². The van der Waals surface area contributed by atoms with Crippen molar-refractivity contribution in [1.29, 1.82) is 0 Å². The third kappa shape index (κ3) is 4.10. The Hall–Kier alpha value is -3.11. The molecule has 0 aliphatic heterocycles. The van der Waals surface area contributed by atoms with Crippen LogP contribution in [0.2, 0.25) is 0 Å². The number of Topliss-reactive ketones (excluding diaryl/α,β-unsaturated/α-hetero) is 1. The number of nitrogens with zero attached hydrogens (tertiary/aromatic N) is 1. The number of ether oxygens (including phenoxy) is 1. The third-order valence-corrected chi connectivity index (χ3v) is 5.13. The van der Waals surface area contributed by atoms with Gasteiger partial charge in [-0.3, -0.25) is 9.78 Å². The van der Waals surface area contributed by atoms with Crippen molar-refractivity contribution in [2.75, 3.05) is 7.11 Å². The molecule has 30 heavy (non-hydrogen) atoms. The highest BCUT2D eigenvalue weighted by molar-refractivity contribution is 6.10. The first kappa shape index (κ1) is 21.6. The zero-order chi connectivity index (χ0) is 20.4. The van der Waals surface area contributed by atoms with Crippen molar-refractivity contribution in [3.05, 3.63) is 83.7 Å². The summed E-state index contributed by atoms with van der Waals surface area (Å²) in [4.78, 5) is 17.1. The quantitative estimate of drug-likeness (QED) is 0.334. The molecule has 5 heteroatoms. The molecule has 0 radical (unpaired) electrons. The Balaban J connectivity index is 0.00000256. The van der Waals surface area contributed by atoms with E-state index < -0.39 is 0 Å². The van der Waals surface area contributed by atoms with Crippen LogP contribution in [0.25, 0.3) is 22.3 Å². The molecule has 4 rings (SSSR count). The van der Waals surface area contributed by atoms with Gasteiger partial charge in [-0.15, -0.1) is 12.4 Å². The normalized spacial score (nSPS) is 10.8. The summed E-state index contributed by atoms with van der Waals surface area (Å²) in [6.07, 6.45) is 3.71. The maximum atomic E-state index is 13.0. The number of fused-ring (bicyclic) bond motifs is 1. The molecule has 2 heterocycles. The number of rotatable bonds is 6. The lowest BCUT2D eigenvalue weighted by atomic mass is 9.95. The van der Waals surface area contributed by atoms with Crippen molar-refractivity contribution in [2.24, 2.45) is 0 Å². The predicted molar refractivity (Wildman–Crippen MR) is 122 cm³/mol. The molecule has 154 valence electrons. The molecule has 0 amide bonds. The third-order valence-electron chi connectivity index (χ3n) is 5.13. The summed E-state index contributed by atoms with van der Waals surface area (Å²) < 4.78 is 11.7. The molecule has 0 unspecified atom stereocenters. The number of hydrogen-bond acceptors (Lipinski definition) is 4. The lowest BCUT2D eigenvalue weighted by Gasteiger charge is -2.10. The molecule has 0 N–H and O–H groups in total. The number of carbonyl (C=O) groups excluding carboxylic acids is 1. The predicted octanol–water partition coefficient (Wildman–Crippen LogP) is 6.47. The molecule has 0 bridgehead atoms. The number of furan rings is 1. The Kier molecular flexibility index (Phi) is 6.58. The first-order valence-corrected chi connectivity index (χ1v) is 9.70. The van der Waals surface area contributed by atoms with Crippen LogP contribution in [-0.2, 0) is 6.42 Å². The summed E-state index contributed by atoms with van der Waals surface area (Å²) in [6.45, 7) is 4.32. The molecular formula is C25H24ClNO3. The van der Waals surface area contributed by atoms with E-state index in [-0.39, 0.29) is 18.2 Å². The van der Waals surface area contributed by atoms with E-state index in [1.54, 1.807) is 25.6 Å². The van der Waals surface area contributed by atoms with Gasteiger partial charge in [-0.05, 0) is 47.4 Å². The van der Waals surface area contributed by atoms with E-state index in [1.807, 2.05) is 36.4 Å². The lowest BCUT2D eigenvalue weighted by Crippen LogP contribution is -2.04. The standard InChI is InChI=1S/C25H23NO3.ClH/c1-16(2)18-6-4-5-7-20(18)24-15-21-19(8-9-23(28-3)25(21)29-24)22(27)14-17-10-12-26-13-11-17;/h4-13,15-16H,14H2,1-3H3;1H. The second-order valence-corrected chi connectivity index (χ2v) is 7.37. The average molecular weight is 422 g/mol. The number of methoxy groups -OCH3 is 1. The molecule has 0 aliphatic rings. The van der Waals surface area contributed by atoms with Crippen LogP contribution in [0.3, 0.4) is 0 Å². The molecule has 0 spiro atoms. The van der Waals surface area contributed by atoms with E-state index >= 15 is 0 Å². The Morgan fingerprint density at radius 1 is 1.07 bits per heavy atom. The number of halogens is 1. The minimum absolute atomic E-state index is 0. The number of ketones is 1. The van der Waals surface area contributed by atoms with Gasteiger partial charge in [0.1, 0.15) is 5.76 Å². The first-order valence-electron chi connectivity index (χ1n) is 9.70. The van der Waals surface area contributed by atoms with Crippen LogP contribution in [0.15, 0.2) is 71.4 Å². The number of aromatic nitrogens is 1. The van der Waals surface area contributed by atoms with E-state index in [0.717, 1.165) is 22.3 Å². The van der Waals surface area contributed by atoms with Gasteiger partial charge in [0.2, 0.25) is 0 Å². The highest BCUT2D eigenvalue weighted by Crippen LogP contribution is 2.38. The molecule has 0 saturated heterocycles. The van der Waals surface area contributed by atoms with Crippen LogP contribution in [0.1, 0.15) is 41.3 Å². The minimum Gasteiger partial charge on any atom is -0.493 e. The molecule has 0 aliphatic carbocycles. The Labute approximate surface area is 182 Å². The zero-order valence-electron chi connectivity index (χ0n) is 17.2. The Bertz CT molecular complexity index is 1170. The Morgan fingerprint density at radius 3 is 2.50 bits per heavy atom. The minimum atomic E-state index is 0. The maximum absolute atomic E-state index is 13.0. The fraction of sp³-hybridized carbons (Fsp3) is 0.200. The van der Waals surface area contributed by atoms with Gasteiger partial charge in [0.25, 0.3) is 0 Å². The SMILES string of the molecule is COc1ccc(C(=O)Cc2ccncc2)c2cc(-c3ccccc3C(C)C)oc12.Cl. The smallest absolute Gasteiger partial charge is 0.177 e. The van der Waals surface area contributed by atoms with Crippen molar-refractivity contribution in [3.8, 4) is 17.1 Å². The fourth-order valence-electron chi connectivity index (χ4n) is 3.64. The molecule has 4 nitrogen and oxygen atoms in total. The molecule has 0 fully saturated rings. The highest BCUT2D eigenvalue weighted by atomic mass is 35.5. The number of benzene rings is 2. The van der Waals surface area contributed by atoms with E-state index in [0.29, 0.717) is 29.2 Å². The van der Waals surface area contributed by atoms with Crippen LogP contribution < -0.4 is 4.74 Å². The van der Waals surface area contributed by atoms with Gasteiger partial charge in [0.15, 0.2) is 17.1 Å². The van der Waals surface area contributed by atoms with Crippen LogP contribution in [-0.4, -0.2) is 17.9 Å². The van der Waals surface area contributed by atoms with Crippen molar-refractivity contribution in [3.63, 3.8) is 0 Å². The van der Waals surface area contributed by atoms with Gasteiger partial charge in [0, 0.05) is 35.3 Å². The summed E-state index contributed by atoms with van der Waals surface area (Å²) in [5, 5.41) is 0.775. The highest BCUT2D eigenvalue weighted by Gasteiger charge is 2.20. The maximum Gasteiger partial charge on any atom is 0.177 e. The molecule has 0 saturated carbocycles. The number of carbonyl (C=O) groups is 1. The van der Waals surface area contributed by atoms with Gasteiger partial charge >= 0.3 is 0 Å². The van der Waals surface area contributed by atoms with Crippen molar-refractivity contribution in [1.82, 2.24) is 4.98 Å². The van der Waals surface area contributed by atoms with Crippen LogP contribution in [0.4, 0.5) is 0 Å². The summed E-state index contributed by atoms with van der Waals surface area (Å²) in [6, 6.07) is 17.5. The van der Waals surface area contributed by atoms with Crippen LogP contribution in [0, 0.1) is 0 Å². The van der Waals surface area contributed by atoms with Gasteiger partial charge < -0.3 is 9.15 Å². The fourth-order valence-corrected chi connectivity index (χ4v) is 3.64. The van der Waals surface area contributed by atoms with Crippen LogP contribution in [0.5, 0.6) is 5.75 Å². The van der Waals surface area contributed by atoms with Crippen LogP contribution >= 0.6 is 12.4 Å². The molecule has 4 aromatic rings. The first-order chi connectivity index (χ1) is 14.1. The van der Waals surface area contributed by atoms with E-state index in [2.05, 4.69) is 31.0 Å². The second kappa shape index (κ2) is 9.14. The van der Waals surface area contributed by atoms with E-state index in [9.17, 15) is 4.79 Å². The summed E-state index contributed by atoms with van der Waals surface area (Å²) >= 11 is 0. The summed E-state index contributed by atoms with van der Waals surface area (Å²) in [5.74, 6) is 1.75. The van der Waals surface area contributed by atoms with Gasteiger partial charge in [-0.1, -0.05) is 38.1 Å². The number of hydrogen-bond donors (Lipinski definition) is 0. The number of pyridine rings is 1. The zero-order valence-corrected chi connectivity index (χ0v) is 18.0. The molecule has 2 aromatic heterocycles. The topological polar surface area (TPSA) is 52.3 Å². The summed E-state index contributed by atoms with van der Waals surface area (Å²) in [7, 11) is 1.61. The van der Waals surface area contributed by atoms with Crippen molar-refractivity contribution < 1.29 is 13.9 Å². The largest absolute Gasteiger partial charge is 0.493 e. The lowest BCUT2D eigenvalue weighted by molar-refractivity contribution is 0.0994. The molecular weight excluding hydrogens is 398 g/mol. The molecule has 0 atom stereocenters. The van der Waals surface area contributed by atoms with Crippen molar-refractivity contribution in [2.45, 2.75) is 26.2 Å². The Morgan fingerprint density at radius 2 is 1.80 bits per heavy atom. The van der Waals surface area contributed by atoms with E-state index in [4.69, 9.17) is 9.15 Å². The van der Waals surface area contributed by atoms with Gasteiger partial charge in [-0.2, -0.15) is 0 Å². The van der Waals surface area contributed by atoms with Gasteiger partial charge in [0.05, 0.1) is 7.11 Å². The summed E-state index contributed by atoms with van der Waals surface area (Å²) in [5.41, 5.74) is 4.41. The molecule has 2 aromatic carbocycles. The average Bonchev–Trinajstić information content (AvgIpc) is 3.19. The van der Waals surface area contributed by atoms with E-state index in [1.165, 1.54) is 5.56 Å².